The Labute approximate surface area is 217 Å². The topological polar surface area (TPSA) is 142 Å². The molecule has 2 aliphatic rings. The van der Waals surface area contributed by atoms with E-state index in [9.17, 15) is 13.2 Å². The number of carbonyl (C=O) groups excluding carboxylic acids is 1. The van der Waals surface area contributed by atoms with Crippen molar-refractivity contribution in [3.8, 4) is 0 Å². The van der Waals surface area contributed by atoms with Crippen molar-refractivity contribution in [1.82, 2.24) is 30.8 Å². The molecule has 2 aliphatic carbocycles. The van der Waals surface area contributed by atoms with Crippen LogP contribution in [0.25, 0.3) is 0 Å². The molecule has 2 heterocycles. The van der Waals surface area contributed by atoms with E-state index in [4.69, 9.17) is 0 Å². The summed E-state index contributed by atoms with van der Waals surface area (Å²) in [5, 5.41) is 17.3. The molecule has 1 aromatic carbocycles. The monoisotopic (exact) mass is 523 g/mol. The lowest BCUT2D eigenvalue weighted by Crippen LogP contribution is -2.42. The molecule has 0 spiro atoms. The Hall–Kier alpha value is -3.31. The van der Waals surface area contributed by atoms with Crippen molar-refractivity contribution in [2.24, 2.45) is 0 Å². The first kappa shape index (κ1) is 25.3. The van der Waals surface area contributed by atoms with E-state index in [-0.39, 0.29) is 23.3 Å². The van der Waals surface area contributed by atoms with E-state index in [1.807, 2.05) is 12.1 Å². The van der Waals surface area contributed by atoms with Crippen molar-refractivity contribution in [3.05, 3.63) is 59.7 Å². The molecular weight excluding hydrogens is 490 g/mol. The summed E-state index contributed by atoms with van der Waals surface area (Å²) in [6.45, 7) is 0.571. The second kappa shape index (κ2) is 11.0. The first-order valence-corrected chi connectivity index (χ1v) is 14.7. The van der Waals surface area contributed by atoms with Crippen molar-refractivity contribution >= 4 is 27.4 Å². The lowest BCUT2D eigenvalue weighted by molar-refractivity contribution is -0.121. The fourth-order valence-electron chi connectivity index (χ4n) is 4.72. The summed E-state index contributed by atoms with van der Waals surface area (Å²) in [5.41, 5.74) is 1.87. The van der Waals surface area contributed by atoms with Gasteiger partial charge in [-0.1, -0.05) is 12.1 Å². The molecule has 0 saturated heterocycles. The van der Waals surface area contributed by atoms with Crippen molar-refractivity contribution in [2.45, 2.75) is 74.4 Å². The zero-order valence-corrected chi connectivity index (χ0v) is 21.7. The lowest BCUT2D eigenvalue weighted by atomic mass is 9.91. The third kappa shape index (κ3) is 7.14. The van der Waals surface area contributed by atoms with Gasteiger partial charge in [-0.3, -0.25) is 9.89 Å². The van der Waals surface area contributed by atoms with Gasteiger partial charge in [-0.2, -0.15) is 5.10 Å². The van der Waals surface area contributed by atoms with Gasteiger partial charge in [0.05, 0.1) is 17.9 Å². The molecule has 2 saturated carbocycles. The molecule has 11 heteroatoms. The quantitative estimate of drug-likeness (QED) is 0.318. The average molecular weight is 524 g/mol. The molecule has 0 radical (unpaired) electrons. The van der Waals surface area contributed by atoms with Gasteiger partial charge in [-0.25, -0.2) is 18.4 Å². The van der Waals surface area contributed by atoms with Crippen LogP contribution in [0.5, 0.6) is 0 Å². The third-order valence-electron chi connectivity index (χ3n) is 6.91. The van der Waals surface area contributed by atoms with Crippen LogP contribution in [-0.4, -0.2) is 52.8 Å². The highest BCUT2D eigenvalue weighted by Gasteiger charge is 2.26. The second-order valence-electron chi connectivity index (χ2n) is 10.1. The Balaban J connectivity index is 1.05. The van der Waals surface area contributed by atoms with Gasteiger partial charge < -0.3 is 16.0 Å². The largest absolute Gasteiger partial charge is 0.353 e. The van der Waals surface area contributed by atoms with Crippen LogP contribution in [-0.2, 0) is 27.6 Å². The van der Waals surface area contributed by atoms with E-state index >= 15 is 0 Å². The number of sulfone groups is 1. The summed E-state index contributed by atoms with van der Waals surface area (Å²) in [6.07, 6.45) is 9.20. The lowest BCUT2D eigenvalue weighted by Gasteiger charge is -2.29. The minimum absolute atomic E-state index is 0.0825. The number of anilines is 2. The number of amides is 1. The number of hydrogen-bond donors (Lipinski definition) is 4. The molecule has 0 atom stereocenters. The van der Waals surface area contributed by atoms with E-state index in [0.29, 0.717) is 29.9 Å². The molecule has 0 unspecified atom stereocenters. The highest BCUT2D eigenvalue weighted by molar-refractivity contribution is 7.90. The van der Waals surface area contributed by atoms with E-state index < -0.39 is 9.84 Å². The van der Waals surface area contributed by atoms with Crippen LogP contribution in [0, 0.1) is 0 Å². The maximum absolute atomic E-state index is 12.5. The van der Waals surface area contributed by atoms with Gasteiger partial charge in [0.25, 0.3) is 0 Å². The first-order valence-electron chi connectivity index (χ1n) is 12.8. The maximum Gasteiger partial charge on any atom is 0.224 e. The molecule has 5 rings (SSSR count). The average Bonchev–Trinajstić information content (AvgIpc) is 3.62. The van der Waals surface area contributed by atoms with Crippen molar-refractivity contribution in [3.63, 3.8) is 0 Å². The Morgan fingerprint density at radius 1 is 1.03 bits per heavy atom. The molecule has 196 valence electrons. The molecular formula is C26H33N7O3S. The van der Waals surface area contributed by atoms with Gasteiger partial charge >= 0.3 is 0 Å². The van der Waals surface area contributed by atoms with Crippen LogP contribution in [0.4, 0.5) is 11.6 Å². The predicted molar refractivity (Wildman–Crippen MR) is 140 cm³/mol. The molecule has 0 bridgehead atoms. The summed E-state index contributed by atoms with van der Waals surface area (Å²) >= 11 is 0. The van der Waals surface area contributed by atoms with Crippen LogP contribution in [0.2, 0.25) is 0 Å². The number of rotatable bonds is 10. The number of aromatic nitrogens is 4. The molecule has 2 aromatic heterocycles. The van der Waals surface area contributed by atoms with Gasteiger partial charge in [0.2, 0.25) is 5.91 Å². The highest BCUT2D eigenvalue weighted by atomic mass is 32.2. The predicted octanol–water partition coefficient (Wildman–Crippen LogP) is 2.98. The Morgan fingerprint density at radius 3 is 2.57 bits per heavy atom. The Morgan fingerprint density at radius 2 is 1.81 bits per heavy atom. The summed E-state index contributed by atoms with van der Waals surface area (Å²) in [4.78, 5) is 21.8. The molecule has 2 fully saturated rings. The van der Waals surface area contributed by atoms with E-state index in [1.54, 1.807) is 30.5 Å². The normalized spacial score (nSPS) is 19.9. The number of hydrogen-bond acceptors (Lipinski definition) is 8. The fraction of sp³-hybridized carbons (Fsp3) is 0.462. The van der Waals surface area contributed by atoms with Gasteiger partial charge in [-0.05, 0) is 62.3 Å². The Kier molecular flexibility index (Phi) is 7.52. The summed E-state index contributed by atoms with van der Waals surface area (Å²) in [5.74, 6) is 2.74. The van der Waals surface area contributed by atoms with Crippen LogP contribution in [0.3, 0.4) is 0 Å². The molecule has 37 heavy (non-hydrogen) atoms. The first-order chi connectivity index (χ1) is 17.8. The van der Waals surface area contributed by atoms with E-state index in [0.717, 1.165) is 37.3 Å². The van der Waals surface area contributed by atoms with Crippen LogP contribution < -0.4 is 16.0 Å². The van der Waals surface area contributed by atoms with Crippen molar-refractivity contribution < 1.29 is 13.2 Å². The minimum atomic E-state index is -3.29. The van der Waals surface area contributed by atoms with E-state index in [2.05, 4.69) is 36.1 Å². The van der Waals surface area contributed by atoms with Gasteiger partial charge in [0.1, 0.15) is 11.6 Å². The van der Waals surface area contributed by atoms with Crippen LogP contribution in [0.1, 0.15) is 61.5 Å². The number of nitrogens with one attached hydrogen (secondary N) is 4. The van der Waals surface area contributed by atoms with Gasteiger partial charge in [0.15, 0.2) is 15.7 Å². The Bertz CT molecular complexity index is 1350. The van der Waals surface area contributed by atoms with Crippen LogP contribution in [0.15, 0.2) is 47.5 Å². The maximum atomic E-state index is 12.5. The number of benzene rings is 1. The highest BCUT2D eigenvalue weighted by Crippen LogP contribution is 2.39. The summed E-state index contributed by atoms with van der Waals surface area (Å²) in [6, 6.07) is 10.9. The number of nitrogens with zero attached hydrogens (tertiary/aromatic N) is 3. The number of aromatic amines is 1. The van der Waals surface area contributed by atoms with Crippen molar-refractivity contribution in [2.75, 3.05) is 11.6 Å². The standard InChI is InChI=1S/C26H33N7O3S/c1-37(35,36)21-4-2-3-17(13-21)14-26(34)29-20-9-7-19(8-10-20)28-16-25-27-12-11-23(31-25)30-24-15-22(32-33-24)18-5-6-18/h2-4,11-13,15,18-20,28H,5-10,14,16H2,1H3,(H,29,34)(H2,27,30,31,32,33). The summed E-state index contributed by atoms with van der Waals surface area (Å²) < 4.78 is 23.5. The van der Waals surface area contributed by atoms with Crippen molar-refractivity contribution in [1.29, 1.82) is 0 Å². The van der Waals surface area contributed by atoms with E-state index in [1.165, 1.54) is 24.8 Å². The van der Waals surface area contributed by atoms with Gasteiger partial charge in [-0.15, -0.1) is 0 Å². The molecule has 0 aliphatic heterocycles. The zero-order chi connectivity index (χ0) is 25.8. The number of H-pyrrole nitrogens is 1. The van der Waals surface area contributed by atoms with Crippen LogP contribution >= 0.6 is 0 Å². The molecule has 1 amide bonds. The molecule has 4 N–H and O–H groups in total. The SMILES string of the molecule is CS(=O)(=O)c1cccc(CC(=O)NC2CCC(NCc3nccc(Nc4cc(C5CC5)[nH]n4)n3)CC2)c1. The smallest absolute Gasteiger partial charge is 0.224 e. The molecule has 3 aromatic rings. The summed E-state index contributed by atoms with van der Waals surface area (Å²) in [7, 11) is -3.29. The molecule has 10 nitrogen and oxygen atoms in total. The second-order valence-corrected chi connectivity index (χ2v) is 12.1. The van der Waals surface area contributed by atoms with Gasteiger partial charge in [0, 0.05) is 42.2 Å². The fourth-order valence-corrected chi connectivity index (χ4v) is 5.41. The minimum Gasteiger partial charge on any atom is -0.353 e. The number of carbonyl (C=O) groups is 1. The third-order valence-corrected chi connectivity index (χ3v) is 8.02. The zero-order valence-electron chi connectivity index (χ0n) is 20.9.